The Morgan fingerprint density at radius 2 is 2.05 bits per heavy atom. The van der Waals surface area contributed by atoms with E-state index in [0.717, 1.165) is 0 Å². The van der Waals surface area contributed by atoms with E-state index in [-0.39, 0.29) is 17.9 Å². The molecule has 0 amide bonds. The van der Waals surface area contributed by atoms with Crippen LogP contribution in [0.2, 0.25) is 0 Å². The quantitative estimate of drug-likeness (QED) is 0.830. The van der Waals surface area contributed by atoms with Crippen LogP contribution in [0.3, 0.4) is 0 Å². The smallest absolute Gasteiger partial charge is 0.304 e. The maximum Gasteiger partial charge on any atom is 0.304 e. The Labute approximate surface area is 125 Å². The van der Waals surface area contributed by atoms with Crippen LogP contribution in [0.15, 0.2) is 23.1 Å². The van der Waals surface area contributed by atoms with Crippen molar-refractivity contribution in [2.24, 2.45) is 0 Å². The number of methoxy groups -OCH3 is 1. The molecule has 0 radical (unpaired) electrons. The van der Waals surface area contributed by atoms with Gasteiger partial charge >= 0.3 is 5.97 Å². The molecule has 0 heterocycles. The Bertz CT molecular complexity index is 612. The fourth-order valence-corrected chi connectivity index (χ4v) is 3.94. The summed E-state index contributed by atoms with van der Waals surface area (Å²) in [7, 11) is -2.21. The van der Waals surface area contributed by atoms with Crippen LogP contribution in [0.4, 0.5) is 0 Å². The molecule has 118 valence electrons. The Hall–Kier alpha value is -1.60. The third-order valence-corrected chi connectivity index (χ3v) is 5.33. The second-order valence-electron chi connectivity index (χ2n) is 4.79. The molecule has 0 saturated carbocycles. The van der Waals surface area contributed by atoms with Crippen LogP contribution in [0.1, 0.15) is 25.8 Å². The van der Waals surface area contributed by atoms with E-state index in [0.29, 0.717) is 11.3 Å². The highest BCUT2D eigenvalue weighted by atomic mass is 32.2. The lowest BCUT2D eigenvalue weighted by molar-refractivity contribution is -0.137. The Morgan fingerprint density at radius 1 is 1.43 bits per heavy atom. The van der Waals surface area contributed by atoms with E-state index in [1.165, 1.54) is 23.5 Å². The lowest BCUT2D eigenvalue weighted by Crippen LogP contribution is -2.39. The molecule has 1 unspecified atom stereocenters. The normalized spacial score (nSPS) is 13.2. The highest BCUT2D eigenvalue weighted by molar-refractivity contribution is 7.89. The van der Waals surface area contributed by atoms with Crippen molar-refractivity contribution in [1.82, 2.24) is 4.31 Å². The van der Waals surface area contributed by atoms with Gasteiger partial charge in [-0.1, -0.05) is 6.92 Å². The average molecular weight is 315 g/mol. The monoisotopic (exact) mass is 315 g/mol. The van der Waals surface area contributed by atoms with Gasteiger partial charge in [0, 0.05) is 12.6 Å². The summed E-state index contributed by atoms with van der Waals surface area (Å²) in [6.45, 7) is 5.24. The Kier molecular flexibility index (Phi) is 5.74. The van der Waals surface area contributed by atoms with Crippen molar-refractivity contribution in [2.75, 3.05) is 13.7 Å². The van der Waals surface area contributed by atoms with Crippen molar-refractivity contribution in [1.29, 1.82) is 0 Å². The summed E-state index contributed by atoms with van der Waals surface area (Å²) >= 11 is 0. The van der Waals surface area contributed by atoms with Crippen LogP contribution >= 0.6 is 0 Å². The molecule has 0 saturated heterocycles. The van der Waals surface area contributed by atoms with E-state index in [4.69, 9.17) is 9.84 Å². The highest BCUT2D eigenvalue weighted by Gasteiger charge is 2.29. The minimum absolute atomic E-state index is 0.139. The number of hydrogen-bond acceptors (Lipinski definition) is 4. The Balaban J connectivity index is 3.18. The van der Waals surface area contributed by atoms with Gasteiger partial charge in [-0.2, -0.15) is 4.31 Å². The molecule has 6 nitrogen and oxygen atoms in total. The second-order valence-corrected chi connectivity index (χ2v) is 6.68. The summed E-state index contributed by atoms with van der Waals surface area (Å²) < 4.78 is 31.6. The third kappa shape index (κ3) is 3.95. The topological polar surface area (TPSA) is 83.9 Å². The number of aliphatic carboxylic acids is 1. The van der Waals surface area contributed by atoms with Crippen LogP contribution < -0.4 is 4.74 Å². The standard InChI is InChI=1S/C14H21NO5S/c1-5-15(11(3)9-14(16)17)21(18,19)12-6-7-13(20-4)10(2)8-12/h6-8,11H,5,9H2,1-4H3,(H,16,17). The lowest BCUT2D eigenvalue weighted by atomic mass is 10.2. The molecule has 1 rings (SSSR count). The number of carboxylic acid groups (broad SMARTS) is 1. The summed E-state index contributed by atoms with van der Waals surface area (Å²) in [5, 5.41) is 8.84. The molecule has 21 heavy (non-hydrogen) atoms. The summed E-state index contributed by atoms with van der Waals surface area (Å²) in [6, 6.07) is 3.99. The van der Waals surface area contributed by atoms with E-state index in [9.17, 15) is 13.2 Å². The zero-order chi connectivity index (χ0) is 16.2. The lowest BCUT2D eigenvalue weighted by Gasteiger charge is -2.26. The summed E-state index contributed by atoms with van der Waals surface area (Å²) in [4.78, 5) is 10.9. The van der Waals surface area contributed by atoms with Crippen LogP contribution in [-0.2, 0) is 14.8 Å². The molecule has 0 aliphatic heterocycles. The van der Waals surface area contributed by atoms with E-state index in [2.05, 4.69) is 0 Å². The van der Waals surface area contributed by atoms with Gasteiger partial charge in [0.1, 0.15) is 5.75 Å². The van der Waals surface area contributed by atoms with Gasteiger partial charge in [-0.3, -0.25) is 4.79 Å². The fourth-order valence-electron chi connectivity index (χ4n) is 2.22. The molecule has 1 aromatic carbocycles. The molecule has 0 aliphatic carbocycles. The minimum Gasteiger partial charge on any atom is -0.496 e. The van der Waals surface area contributed by atoms with Gasteiger partial charge < -0.3 is 9.84 Å². The van der Waals surface area contributed by atoms with Crippen LogP contribution in [0, 0.1) is 6.92 Å². The van der Waals surface area contributed by atoms with Gasteiger partial charge in [-0.15, -0.1) is 0 Å². The minimum atomic E-state index is -3.73. The van der Waals surface area contributed by atoms with E-state index < -0.39 is 22.0 Å². The van der Waals surface area contributed by atoms with Gasteiger partial charge in [0.15, 0.2) is 0 Å². The van der Waals surface area contributed by atoms with Crippen molar-refractivity contribution >= 4 is 16.0 Å². The summed E-state index contributed by atoms with van der Waals surface area (Å²) in [6.07, 6.45) is -0.234. The maximum atomic E-state index is 12.6. The number of aryl methyl sites for hydroxylation is 1. The van der Waals surface area contributed by atoms with E-state index in [1.54, 1.807) is 26.8 Å². The molecule has 1 atom stereocenters. The number of carbonyl (C=O) groups is 1. The van der Waals surface area contributed by atoms with Gasteiger partial charge in [0.05, 0.1) is 18.4 Å². The molecule has 1 aromatic rings. The summed E-state index contributed by atoms with van der Waals surface area (Å²) in [5.74, 6) is -0.419. The fraction of sp³-hybridized carbons (Fsp3) is 0.500. The molecular weight excluding hydrogens is 294 g/mol. The predicted octanol–water partition coefficient (Wildman–Crippen LogP) is 1.88. The first-order valence-electron chi connectivity index (χ1n) is 6.62. The first-order valence-corrected chi connectivity index (χ1v) is 8.06. The Morgan fingerprint density at radius 3 is 2.48 bits per heavy atom. The highest BCUT2D eigenvalue weighted by Crippen LogP contribution is 2.25. The maximum absolute atomic E-state index is 12.6. The molecule has 0 aliphatic rings. The second kappa shape index (κ2) is 6.91. The van der Waals surface area contributed by atoms with Crippen LogP contribution in [0.25, 0.3) is 0 Å². The number of benzene rings is 1. The van der Waals surface area contributed by atoms with Gasteiger partial charge in [-0.05, 0) is 37.6 Å². The molecule has 0 bridgehead atoms. The molecule has 0 fully saturated rings. The van der Waals surface area contributed by atoms with Gasteiger partial charge in [0.25, 0.3) is 0 Å². The molecule has 0 spiro atoms. The van der Waals surface area contributed by atoms with Crippen molar-refractivity contribution in [3.05, 3.63) is 23.8 Å². The number of ether oxygens (including phenoxy) is 1. The van der Waals surface area contributed by atoms with Crippen LogP contribution in [0.5, 0.6) is 5.75 Å². The van der Waals surface area contributed by atoms with E-state index >= 15 is 0 Å². The largest absolute Gasteiger partial charge is 0.496 e. The van der Waals surface area contributed by atoms with Crippen molar-refractivity contribution in [3.8, 4) is 5.75 Å². The molecule has 7 heteroatoms. The zero-order valence-electron chi connectivity index (χ0n) is 12.7. The number of sulfonamides is 1. The van der Waals surface area contributed by atoms with Crippen molar-refractivity contribution in [2.45, 2.75) is 38.1 Å². The predicted molar refractivity (Wildman–Crippen MR) is 79.0 cm³/mol. The van der Waals surface area contributed by atoms with Crippen molar-refractivity contribution in [3.63, 3.8) is 0 Å². The summed E-state index contributed by atoms with van der Waals surface area (Å²) in [5.41, 5.74) is 0.709. The van der Waals surface area contributed by atoms with Crippen molar-refractivity contribution < 1.29 is 23.1 Å². The van der Waals surface area contributed by atoms with E-state index in [1.807, 2.05) is 0 Å². The third-order valence-electron chi connectivity index (χ3n) is 3.25. The number of rotatable bonds is 7. The van der Waals surface area contributed by atoms with Gasteiger partial charge in [-0.25, -0.2) is 8.42 Å². The zero-order valence-corrected chi connectivity index (χ0v) is 13.5. The number of carboxylic acids is 1. The molecule has 1 N–H and O–H groups in total. The first kappa shape index (κ1) is 17.5. The van der Waals surface area contributed by atoms with Crippen LogP contribution in [-0.4, -0.2) is 43.5 Å². The molecule has 0 aromatic heterocycles. The average Bonchev–Trinajstić information content (AvgIpc) is 2.38. The first-order chi connectivity index (χ1) is 9.73. The SMILES string of the molecule is CCN(C(C)CC(=O)O)S(=O)(=O)c1ccc(OC)c(C)c1. The number of nitrogens with zero attached hydrogens (tertiary/aromatic N) is 1. The molecular formula is C14H21NO5S. The number of hydrogen-bond donors (Lipinski definition) is 1. The van der Waals surface area contributed by atoms with Gasteiger partial charge in [0.2, 0.25) is 10.0 Å².